The van der Waals surface area contributed by atoms with Gasteiger partial charge in [-0.25, -0.2) is 9.78 Å². The van der Waals surface area contributed by atoms with Crippen LogP contribution in [0.3, 0.4) is 0 Å². The molecule has 16 heavy (non-hydrogen) atoms. The Morgan fingerprint density at radius 1 is 1.62 bits per heavy atom. The third-order valence-corrected chi connectivity index (χ3v) is 2.96. The van der Waals surface area contributed by atoms with E-state index in [1.807, 2.05) is 0 Å². The van der Waals surface area contributed by atoms with Crippen molar-refractivity contribution in [2.24, 2.45) is 0 Å². The van der Waals surface area contributed by atoms with Gasteiger partial charge in [-0.2, -0.15) is 0 Å². The fraction of sp³-hybridized carbons (Fsp3) is 0.545. The number of aromatic nitrogens is 2. The molecule has 0 unspecified atom stereocenters. The summed E-state index contributed by atoms with van der Waals surface area (Å²) in [4.78, 5) is 21.0. The normalized spacial score (nSPS) is 21.2. The molecule has 1 aliphatic heterocycles. The van der Waals surface area contributed by atoms with E-state index in [2.05, 4.69) is 21.8 Å². The Balaban J connectivity index is 2.09. The maximum atomic E-state index is 10.7. The van der Waals surface area contributed by atoms with Crippen molar-refractivity contribution in [1.82, 2.24) is 14.9 Å². The second kappa shape index (κ2) is 4.57. The van der Waals surface area contributed by atoms with Crippen LogP contribution in [0.25, 0.3) is 0 Å². The molecule has 1 fully saturated rings. The van der Waals surface area contributed by atoms with Gasteiger partial charge in [-0.1, -0.05) is 0 Å². The van der Waals surface area contributed by atoms with E-state index in [9.17, 15) is 4.79 Å². The number of rotatable bonds is 3. The van der Waals surface area contributed by atoms with Gasteiger partial charge < -0.3 is 5.11 Å². The largest absolute Gasteiger partial charge is 0.476 e. The molecule has 1 saturated heterocycles. The zero-order valence-electron chi connectivity index (χ0n) is 9.26. The molecular weight excluding hydrogens is 206 g/mol. The third-order valence-electron chi connectivity index (χ3n) is 2.96. The SMILES string of the molecule is C[C@@H]1CCCN1Cc1cncc(C(=O)O)n1. The molecule has 2 heterocycles. The molecule has 0 saturated carbocycles. The summed E-state index contributed by atoms with van der Waals surface area (Å²) in [5.74, 6) is -1.02. The molecule has 0 spiro atoms. The highest BCUT2D eigenvalue weighted by Crippen LogP contribution is 2.18. The minimum atomic E-state index is -1.02. The van der Waals surface area contributed by atoms with Crippen molar-refractivity contribution < 1.29 is 9.90 Å². The monoisotopic (exact) mass is 221 g/mol. The van der Waals surface area contributed by atoms with Crippen LogP contribution >= 0.6 is 0 Å². The fourth-order valence-corrected chi connectivity index (χ4v) is 2.02. The van der Waals surface area contributed by atoms with Gasteiger partial charge in [0.25, 0.3) is 0 Å². The van der Waals surface area contributed by atoms with E-state index in [4.69, 9.17) is 5.11 Å². The van der Waals surface area contributed by atoms with Crippen molar-refractivity contribution in [3.05, 3.63) is 23.8 Å². The lowest BCUT2D eigenvalue weighted by Gasteiger charge is -2.19. The lowest BCUT2D eigenvalue weighted by Crippen LogP contribution is -2.27. The van der Waals surface area contributed by atoms with Crippen LogP contribution < -0.4 is 0 Å². The Morgan fingerprint density at radius 3 is 3.06 bits per heavy atom. The van der Waals surface area contributed by atoms with E-state index in [0.717, 1.165) is 12.2 Å². The van der Waals surface area contributed by atoms with Gasteiger partial charge >= 0.3 is 5.97 Å². The van der Waals surface area contributed by atoms with Gasteiger partial charge in [0.2, 0.25) is 0 Å². The van der Waals surface area contributed by atoms with Crippen LogP contribution in [0, 0.1) is 0 Å². The average Bonchev–Trinajstić information content (AvgIpc) is 2.65. The van der Waals surface area contributed by atoms with Gasteiger partial charge in [0.05, 0.1) is 11.9 Å². The average molecular weight is 221 g/mol. The summed E-state index contributed by atoms with van der Waals surface area (Å²) in [5, 5.41) is 8.81. The molecule has 1 aromatic rings. The molecule has 2 rings (SSSR count). The van der Waals surface area contributed by atoms with E-state index >= 15 is 0 Å². The van der Waals surface area contributed by atoms with Crippen LogP contribution in [0.4, 0.5) is 0 Å². The van der Waals surface area contributed by atoms with Crippen molar-refractivity contribution in [2.75, 3.05) is 6.54 Å². The number of carboxylic acid groups (broad SMARTS) is 1. The molecule has 1 aliphatic rings. The van der Waals surface area contributed by atoms with Gasteiger partial charge in [0.15, 0.2) is 5.69 Å². The molecule has 86 valence electrons. The topological polar surface area (TPSA) is 66.3 Å². The highest BCUT2D eigenvalue weighted by Gasteiger charge is 2.20. The molecule has 1 aromatic heterocycles. The van der Waals surface area contributed by atoms with Crippen LogP contribution in [-0.2, 0) is 6.54 Å². The molecule has 0 radical (unpaired) electrons. The second-order valence-electron chi connectivity index (χ2n) is 4.16. The Kier molecular flexibility index (Phi) is 3.14. The molecule has 5 heteroatoms. The number of likely N-dealkylation sites (tertiary alicyclic amines) is 1. The number of nitrogens with zero attached hydrogens (tertiary/aromatic N) is 3. The minimum Gasteiger partial charge on any atom is -0.476 e. The minimum absolute atomic E-state index is 0.0179. The highest BCUT2D eigenvalue weighted by atomic mass is 16.4. The number of hydrogen-bond donors (Lipinski definition) is 1. The molecule has 1 N–H and O–H groups in total. The van der Waals surface area contributed by atoms with Gasteiger partial charge in [-0.05, 0) is 26.3 Å². The Morgan fingerprint density at radius 2 is 2.44 bits per heavy atom. The summed E-state index contributed by atoms with van der Waals surface area (Å²) in [6.07, 6.45) is 5.32. The van der Waals surface area contributed by atoms with E-state index < -0.39 is 5.97 Å². The van der Waals surface area contributed by atoms with Crippen LogP contribution in [0.15, 0.2) is 12.4 Å². The van der Waals surface area contributed by atoms with Crippen LogP contribution in [0.1, 0.15) is 35.9 Å². The van der Waals surface area contributed by atoms with Crippen molar-refractivity contribution in [1.29, 1.82) is 0 Å². The summed E-state index contributed by atoms with van der Waals surface area (Å²) in [6, 6.07) is 0.551. The molecule has 1 atom stereocenters. The fourth-order valence-electron chi connectivity index (χ4n) is 2.02. The summed E-state index contributed by atoms with van der Waals surface area (Å²) in [7, 11) is 0. The van der Waals surface area contributed by atoms with Crippen LogP contribution in [-0.4, -0.2) is 38.5 Å². The first kappa shape index (κ1) is 11.0. The van der Waals surface area contributed by atoms with E-state index in [1.54, 1.807) is 6.20 Å². The van der Waals surface area contributed by atoms with E-state index in [1.165, 1.54) is 19.0 Å². The smallest absolute Gasteiger partial charge is 0.356 e. The van der Waals surface area contributed by atoms with Crippen molar-refractivity contribution in [3.63, 3.8) is 0 Å². The zero-order chi connectivity index (χ0) is 11.5. The van der Waals surface area contributed by atoms with Crippen molar-refractivity contribution in [3.8, 4) is 0 Å². The first-order valence-electron chi connectivity index (χ1n) is 5.45. The Hall–Kier alpha value is -1.49. The molecule has 0 aliphatic carbocycles. The van der Waals surface area contributed by atoms with Gasteiger partial charge in [0.1, 0.15) is 0 Å². The standard InChI is InChI=1S/C11H15N3O2/c1-8-3-2-4-14(8)7-9-5-12-6-10(13-9)11(15)16/h5-6,8H,2-4,7H2,1H3,(H,15,16)/t8-/m1/s1. The number of carbonyl (C=O) groups is 1. The lowest BCUT2D eigenvalue weighted by atomic mass is 10.2. The highest BCUT2D eigenvalue weighted by molar-refractivity contribution is 5.84. The maximum absolute atomic E-state index is 10.7. The zero-order valence-corrected chi connectivity index (χ0v) is 9.26. The number of hydrogen-bond acceptors (Lipinski definition) is 4. The predicted octanol–water partition coefficient (Wildman–Crippen LogP) is 1.16. The molecule has 5 nitrogen and oxygen atoms in total. The first-order valence-corrected chi connectivity index (χ1v) is 5.45. The van der Waals surface area contributed by atoms with Crippen molar-refractivity contribution in [2.45, 2.75) is 32.4 Å². The van der Waals surface area contributed by atoms with Crippen LogP contribution in [0.2, 0.25) is 0 Å². The van der Waals surface area contributed by atoms with Gasteiger partial charge in [-0.15, -0.1) is 0 Å². The number of aromatic carboxylic acids is 1. The molecule has 0 amide bonds. The Bertz CT molecular complexity index is 395. The molecule has 0 bridgehead atoms. The third kappa shape index (κ3) is 2.36. The van der Waals surface area contributed by atoms with E-state index in [-0.39, 0.29) is 5.69 Å². The summed E-state index contributed by atoms with van der Waals surface area (Å²) in [5.41, 5.74) is 0.748. The lowest BCUT2D eigenvalue weighted by molar-refractivity contribution is 0.0689. The predicted molar refractivity (Wildman–Crippen MR) is 58.1 cm³/mol. The maximum Gasteiger partial charge on any atom is 0.356 e. The van der Waals surface area contributed by atoms with Crippen molar-refractivity contribution >= 4 is 5.97 Å². The molecular formula is C11H15N3O2. The Labute approximate surface area is 94.1 Å². The second-order valence-corrected chi connectivity index (χ2v) is 4.16. The van der Waals surface area contributed by atoms with Gasteiger partial charge in [-0.3, -0.25) is 9.88 Å². The van der Waals surface area contributed by atoms with Crippen LogP contribution in [0.5, 0.6) is 0 Å². The molecule has 0 aromatic carbocycles. The first-order chi connectivity index (χ1) is 7.66. The quantitative estimate of drug-likeness (QED) is 0.829. The summed E-state index contributed by atoms with van der Waals surface area (Å²) >= 11 is 0. The summed E-state index contributed by atoms with van der Waals surface area (Å²) in [6.45, 7) is 3.93. The number of carboxylic acids is 1. The van der Waals surface area contributed by atoms with E-state index in [0.29, 0.717) is 12.6 Å². The summed E-state index contributed by atoms with van der Waals surface area (Å²) < 4.78 is 0. The van der Waals surface area contributed by atoms with Gasteiger partial charge in [0, 0.05) is 18.8 Å².